The van der Waals surface area contributed by atoms with E-state index < -0.39 is 0 Å². The van der Waals surface area contributed by atoms with Crippen LogP contribution in [0.3, 0.4) is 0 Å². The summed E-state index contributed by atoms with van der Waals surface area (Å²) >= 11 is 8.03. The van der Waals surface area contributed by atoms with Gasteiger partial charge in [0.2, 0.25) is 0 Å². The quantitative estimate of drug-likeness (QED) is 0.166. The van der Waals surface area contributed by atoms with E-state index in [4.69, 9.17) is 20.4 Å². The summed E-state index contributed by atoms with van der Waals surface area (Å²) in [5, 5.41) is 11.1. The first-order valence-corrected chi connectivity index (χ1v) is 21.1. The molecule has 4 aromatic heterocycles. The molecule has 0 bridgehead atoms. The van der Waals surface area contributed by atoms with Gasteiger partial charge < -0.3 is 13.7 Å². The molecule has 9 aromatic carbocycles. The number of halogens is 1. The number of anilines is 3. The maximum Gasteiger partial charge on any atom is 0.155 e. The number of aryl methyl sites for hydroxylation is 3. The number of hydrogen-bond donors (Lipinski definition) is 0. The second-order valence-electron chi connectivity index (χ2n) is 16.5. The maximum atomic E-state index is 8.03. The lowest BCUT2D eigenvalue weighted by molar-refractivity contribution is 0.669. The van der Waals surface area contributed by atoms with Gasteiger partial charge in [-0.2, -0.15) is 0 Å². The van der Waals surface area contributed by atoms with E-state index in [0.29, 0.717) is 5.02 Å². The summed E-state index contributed by atoms with van der Waals surface area (Å²) in [7, 11) is 0. The van der Waals surface area contributed by atoms with Crippen LogP contribution >= 0.6 is 11.6 Å². The van der Waals surface area contributed by atoms with Crippen LogP contribution in [0.2, 0.25) is 5.02 Å². The fourth-order valence-electron chi connectivity index (χ4n) is 10.3. The molecule has 0 atom stereocenters. The second kappa shape index (κ2) is 12.5. The Bertz CT molecular complexity index is 3980. The van der Waals surface area contributed by atoms with Crippen LogP contribution in [-0.4, -0.2) is 8.97 Å². The molecule has 4 heterocycles. The average Bonchev–Trinajstić information content (AvgIpc) is 4.02. The van der Waals surface area contributed by atoms with E-state index in [0.717, 1.165) is 89.0 Å². The predicted molar refractivity (Wildman–Crippen MR) is 255 cm³/mol. The van der Waals surface area contributed by atoms with Crippen LogP contribution in [0.25, 0.3) is 98.7 Å². The number of fused-ring (bicyclic) bond motifs is 16. The van der Waals surface area contributed by atoms with Gasteiger partial charge >= 0.3 is 0 Å². The van der Waals surface area contributed by atoms with Gasteiger partial charge in [0.1, 0.15) is 27.9 Å². The molecule has 13 rings (SSSR count). The van der Waals surface area contributed by atoms with E-state index in [1.54, 1.807) is 0 Å². The molecule has 0 saturated carbocycles. The van der Waals surface area contributed by atoms with Crippen LogP contribution in [0.5, 0.6) is 0 Å². The number of para-hydroxylation sites is 2. The molecule has 5 nitrogen and oxygen atoms in total. The fraction of sp³-hybridized carbons (Fsp3) is 0.0545. The van der Waals surface area contributed by atoms with Crippen LogP contribution in [0.1, 0.15) is 16.7 Å². The van der Waals surface area contributed by atoms with Crippen LogP contribution in [-0.2, 0) is 0 Å². The van der Waals surface area contributed by atoms with Crippen molar-refractivity contribution in [2.45, 2.75) is 20.8 Å². The van der Waals surface area contributed by atoms with E-state index in [1.807, 2.05) is 24.3 Å². The molecule has 0 aliphatic rings. The Labute approximate surface area is 354 Å². The molecule has 6 heteroatoms. The van der Waals surface area contributed by atoms with Gasteiger partial charge in [-0.25, -0.2) is 0 Å². The first-order valence-electron chi connectivity index (χ1n) is 20.7. The van der Waals surface area contributed by atoms with Crippen molar-refractivity contribution in [3.63, 3.8) is 0 Å². The standard InChI is InChI=1S/C55H36ClN3O2/c1-31-25-33(3)54-46(28-31)59-51(30-50-55(59)41-18-9-11-21-48(41)61-50)58(54)45-27-32(2)26-44(53(45)56)57(43-19-12-22-49-52(43)40-17-8-10-20-47(40)60-49)34-23-24-39-37-15-5-4-13-35(37)36-14-6-7-16-38(36)42(39)29-34/h4-30H,1-3H3. The summed E-state index contributed by atoms with van der Waals surface area (Å²) in [5.41, 5.74) is 14.8. The zero-order valence-electron chi connectivity index (χ0n) is 33.6. The van der Waals surface area contributed by atoms with E-state index >= 15 is 0 Å². The molecule has 61 heavy (non-hydrogen) atoms. The van der Waals surface area contributed by atoms with Gasteiger partial charge in [0, 0.05) is 22.5 Å². The van der Waals surface area contributed by atoms with E-state index in [9.17, 15) is 0 Å². The third-order valence-corrected chi connectivity index (χ3v) is 13.1. The Morgan fingerprint density at radius 2 is 1.05 bits per heavy atom. The van der Waals surface area contributed by atoms with Gasteiger partial charge in [-0.05, 0) is 130 Å². The Morgan fingerprint density at radius 3 is 1.79 bits per heavy atom. The van der Waals surface area contributed by atoms with Crippen molar-refractivity contribution in [3.05, 3.63) is 186 Å². The van der Waals surface area contributed by atoms with Crippen molar-refractivity contribution in [2.75, 3.05) is 4.90 Å². The van der Waals surface area contributed by atoms with Crippen LogP contribution < -0.4 is 4.90 Å². The SMILES string of the molecule is Cc1cc(N(c2ccc3c4ccccc4c4ccccc4c3c2)c2cccc3oc4ccccc4c23)c(Cl)c(-n2c3c(C)cc(C)cc3n3c4c(cc23)oc2ccccc24)c1. The van der Waals surface area contributed by atoms with Gasteiger partial charge in [-0.3, -0.25) is 8.97 Å². The Morgan fingerprint density at radius 1 is 0.459 bits per heavy atom. The topological polar surface area (TPSA) is 38.9 Å². The molecular weight excluding hydrogens is 770 g/mol. The number of rotatable bonds is 4. The highest BCUT2D eigenvalue weighted by molar-refractivity contribution is 6.36. The molecule has 13 aromatic rings. The van der Waals surface area contributed by atoms with E-state index in [2.05, 4.69) is 174 Å². The molecule has 0 saturated heterocycles. The highest BCUT2D eigenvalue weighted by atomic mass is 35.5. The fourth-order valence-corrected chi connectivity index (χ4v) is 10.6. The van der Waals surface area contributed by atoms with Gasteiger partial charge in [0.15, 0.2) is 5.58 Å². The Kier molecular flexibility index (Phi) is 7.06. The number of imidazole rings is 1. The predicted octanol–water partition coefficient (Wildman–Crippen LogP) is 16.2. The molecule has 0 spiro atoms. The van der Waals surface area contributed by atoms with E-state index in [1.165, 1.54) is 43.4 Å². The lowest BCUT2D eigenvalue weighted by atomic mass is 9.94. The molecule has 290 valence electrons. The summed E-state index contributed by atoms with van der Waals surface area (Å²) in [6.07, 6.45) is 0. The minimum Gasteiger partial charge on any atom is -0.456 e. The largest absolute Gasteiger partial charge is 0.456 e. The summed E-state index contributed by atoms with van der Waals surface area (Å²) in [6, 6.07) is 58.3. The van der Waals surface area contributed by atoms with Crippen molar-refractivity contribution in [2.24, 2.45) is 0 Å². The number of nitrogens with zero attached hydrogens (tertiary/aromatic N) is 3. The third-order valence-electron chi connectivity index (χ3n) is 12.7. The summed E-state index contributed by atoms with van der Waals surface area (Å²) in [6.45, 7) is 6.52. The Balaban J connectivity index is 1.15. The third kappa shape index (κ3) is 4.78. The van der Waals surface area contributed by atoms with Gasteiger partial charge in [0.25, 0.3) is 0 Å². The van der Waals surface area contributed by atoms with Gasteiger partial charge in [0.05, 0.1) is 38.5 Å². The lowest BCUT2D eigenvalue weighted by Crippen LogP contribution is -2.12. The monoisotopic (exact) mass is 805 g/mol. The zero-order valence-corrected chi connectivity index (χ0v) is 34.4. The number of benzene rings is 9. The summed E-state index contributed by atoms with van der Waals surface area (Å²) < 4.78 is 17.7. The van der Waals surface area contributed by atoms with Gasteiger partial charge in [-0.15, -0.1) is 0 Å². The van der Waals surface area contributed by atoms with Crippen molar-refractivity contribution >= 4 is 122 Å². The number of aromatic nitrogens is 2. The van der Waals surface area contributed by atoms with Crippen LogP contribution in [0.4, 0.5) is 17.1 Å². The Hall–Kier alpha value is -7.47. The minimum absolute atomic E-state index is 0.626. The summed E-state index contributed by atoms with van der Waals surface area (Å²) in [4.78, 5) is 2.34. The normalized spacial score (nSPS) is 12.3. The van der Waals surface area contributed by atoms with Crippen molar-refractivity contribution < 1.29 is 8.83 Å². The van der Waals surface area contributed by atoms with Crippen molar-refractivity contribution in [3.8, 4) is 5.69 Å². The molecule has 0 amide bonds. The molecule has 0 radical (unpaired) electrons. The summed E-state index contributed by atoms with van der Waals surface area (Å²) in [5.74, 6) is 0. The number of furan rings is 2. The first kappa shape index (κ1) is 34.4. The minimum atomic E-state index is 0.626. The zero-order chi connectivity index (χ0) is 40.7. The molecule has 0 unspecified atom stereocenters. The highest BCUT2D eigenvalue weighted by Gasteiger charge is 2.27. The first-order chi connectivity index (χ1) is 29.9. The van der Waals surface area contributed by atoms with Crippen LogP contribution in [0, 0.1) is 20.8 Å². The van der Waals surface area contributed by atoms with Crippen LogP contribution in [0.15, 0.2) is 173 Å². The molecule has 0 aliphatic heterocycles. The molecule has 0 N–H and O–H groups in total. The molecule has 0 fully saturated rings. The van der Waals surface area contributed by atoms with Crippen molar-refractivity contribution in [1.82, 2.24) is 8.97 Å². The average molecular weight is 806 g/mol. The smallest absolute Gasteiger partial charge is 0.155 e. The maximum absolute atomic E-state index is 8.03. The van der Waals surface area contributed by atoms with Gasteiger partial charge in [-0.1, -0.05) is 109 Å². The highest BCUT2D eigenvalue weighted by Crippen LogP contribution is 2.49. The lowest BCUT2D eigenvalue weighted by Gasteiger charge is -2.29. The van der Waals surface area contributed by atoms with Crippen molar-refractivity contribution in [1.29, 1.82) is 0 Å². The molecule has 0 aliphatic carbocycles. The van der Waals surface area contributed by atoms with E-state index in [-0.39, 0.29) is 0 Å². The second-order valence-corrected chi connectivity index (χ2v) is 16.8. The molecular formula is C55H36ClN3O2. The number of hydrogen-bond acceptors (Lipinski definition) is 3.